The van der Waals surface area contributed by atoms with E-state index in [2.05, 4.69) is 24.8 Å². The second-order valence-electron chi connectivity index (χ2n) is 5.48. The smallest absolute Gasteiger partial charge is 0.124 e. The summed E-state index contributed by atoms with van der Waals surface area (Å²) < 4.78 is 13.1. The minimum Gasteiger partial charge on any atom is -0.399 e. The molecule has 0 saturated carbocycles. The molecule has 0 bridgehead atoms. The minimum absolute atomic E-state index is 0.310. The van der Waals surface area contributed by atoms with Crippen molar-refractivity contribution in [2.75, 3.05) is 5.73 Å². The molecule has 0 fully saturated rings. The summed E-state index contributed by atoms with van der Waals surface area (Å²) >= 11 is 6.12. The van der Waals surface area contributed by atoms with Crippen LogP contribution >= 0.6 is 11.6 Å². The van der Waals surface area contributed by atoms with Gasteiger partial charge in [0.25, 0.3) is 0 Å². The van der Waals surface area contributed by atoms with E-state index >= 15 is 0 Å². The molecule has 0 unspecified atom stereocenters. The predicted molar refractivity (Wildman–Crippen MR) is 86.6 cm³/mol. The van der Waals surface area contributed by atoms with Crippen molar-refractivity contribution in [1.82, 2.24) is 4.90 Å². The molecule has 0 atom stereocenters. The molecule has 2 rings (SSSR count). The molecular formula is C17H20ClFN2. The summed E-state index contributed by atoms with van der Waals surface area (Å²) in [6.07, 6.45) is 0. The lowest BCUT2D eigenvalue weighted by molar-refractivity contribution is 0.203. The molecule has 2 aromatic rings. The van der Waals surface area contributed by atoms with Crippen molar-refractivity contribution in [3.8, 4) is 0 Å². The van der Waals surface area contributed by atoms with Gasteiger partial charge >= 0.3 is 0 Å². The third kappa shape index (κ3) is 4.45. The van der Waals surface area contributed by atoms with E-state index in [9.17, 15) is 4.39 Å². The highest BCUT2D eigenvalue weighted by Crippen LogP contribution is 2.21. The fraction of sp³-hybridized carbons (Fsp3) is 0.294. The lowest BCUT2D eigenvalue weighted by Crippen LogP contribution is -2.30. The molecule has 0 aliphatic rings. The minimum atomic E-state index is -0.310. The van der Waals surface area contributed by atoms with E-state index in [4.69, 9.17) is 17.3 Å². The molecule has 0 amide bonds. The van der Waals surface area contributed by atoms with Gasteiger partial charge in [-0.1, -0.05) is 29.8 Å². The van der Waals surface area contributed by atoms with Crippen molar-refractivity contribution in [2.24, 2.45) is 0 Å². The zero-order chi connectivity index (χ0) is 15.4. The van der Waals surface area contributed by atoms with Crippen LogP contribution < -0.4 is 5.73 Å². The maximum Gasteiger partial charge on any atom is 0.124 e. The van der Waals surface area contributed by atoms with Crippen LogP contribution in [-0.4, -0.2) is 10.9 Å². The molecule has 0 aromatic heterocycles. The number of halogens is 2. The van der Waals surface area contributed by atoms with Gasteiger partial charge in [0.1, 0.15) is 5.82 Å². The van der Waals surface area contributed by atoms with Crippen LogP contribution in [0.25, 0.3) is 0 Å². The van der Waals surface area contributed by atoms with E-state index < -0.39 is 0 Å². The van der Waals surface area contributed by atoms with Crippen LogP contribution in [-0.2, 0) is 13.1 Å². The van der Waals surface area contributed by atoms with Crippen LogP contribution in [0.15, 0.2) is 42.5 Å². The van der Waals surface area contributed by atoms with E-state index in [1.807, 2.05) is 18.2 Å². The van der Waals surface area contributed by atoms with Gasteiger partial charge in [-0.15, -0.1) is 0 Å². The molecule has 0 saturated heterocycles. The topological polar surface area (TPSA) is 29.3 Å². The molecular weight excluding hydrogens is 287 g/mol. The fourth-order valence-corrected chi connectivity index (χ4v) is 2.44. The Kier molecular flexibility index (Phi) is 5.21. The van der Waals surface area contributed by atoms with Gasteiger partial charge in [-0.2, -0.15) is 0 Å². The van der Waals surface area contributed by atoms with Crippen molar-refractivity contribution in [1.29, 1.82) is 0 Å². The summed E-state index contributed by atoms with van der Waals surface area (Å²) in [4.78, 5) is 2.27. The van der Waals surface area contributed by atoms with Gasteiger partial charge in [0.15, 0.2) is 0 Å². The third-order valence-electron chi connectivity index (χ3n) is 3.46. The average molecular weight is 307 g/mol. The molecule has 0 heterocycles. The van der Waals surface area contributed by atoms with Crippen molar-refractivity contribution in [2.45, 2.75) is 33.0 Å². The summed E-state index contributed by atoms with van der Waals surface area (Å²) in [5, 5.41) is 0.466. The number of rotatable bonds is 5. The second-order valence-corrected chi connectivity index (χ2v) is 5.89. The Morgan fingerprint density at radius 1 is 1.14 bits per heavy atom. The molecule has 0 radical (unpaired) electrons. The van der Waals surface area contributed by atoms with Crippen LogP contribution in [0.4, 0.5) is 10.1 Å². The molecule has 0 aliphatic heterocycles. The lowest BCUT2D eigenvalue weighted by atomic mass is 10.1. The zero-order valence-corrected chi connectivity index (χ0v) is 13.1. The van der Waals surface area contributed by atoms with Gasteiger partial charge in [0, 0.05) is 29.8 Å². The maximum absolute atomic E-state index is 13.1. The summed E-state index contributed by atoms with van der Waals surface area (Å²) in [5.41, 5.74) is 8.66. The molecule has 2 aromatic carbocycles. The normalized spacial score (nSPS) is 11.3. The highest BCUT2D eigenvalue weighted by molar-refractivity contribution is 6.31. The summed E-state index contributed by atoms with van der Waals surface area (Å²) in [7, 11) is 0. The van der Waals surface area contributed by atoms with Crippen molar-refractivity contribution in [3.63, 3.8) is 0 Å². The van der Waals surface area contributed by atoms with Crippen LogP contribution in [0.1, 0.15) is 25.0 Å². The summed E-state index contributed by atoms with van der Waals surface area (Å²) in [6.45, 7) is 5.70. The Labute approximate surface area is 130 Å². The van der Waals surface area contributed by atoms with Gasteiger partial charge < -0.3 is 5.73 Å². The molecule has 21 heavy (non-hydrogen) atoms. The highest BCUT2D eigenvalue weighted by atomic mass is 35.5. The molecule has 0 spiro atoms. The first kappa shape index (κ1) is 15.8. The second kappa shape index (κ2) is 6.92. The van der Waals surface area contributed by atoms with Gasteiger partial charge in [-0.25, -0.2) is 4.39 Å². The van der Waals surface area contributed by atoms with Crippen LogP contribution in [0.3, 0.4) is 0 Å². The molecule has 0 aliphatic carbocycles. The lowest BCUT2D eigenvalue weighted by Gasteiger charge is -2.27. The maximum atomic E-state index is 13.1. The fourth-order valence-electron chi connectivity index (χ4n) is 2.22. The van der Waals surface area contributed by atoms with Gasteiger partial charge in [0.05, 0.1) is 0 Å². The first-order valence-corrected chi connectivity index (χ1v) is 7.36. The zero-order valence-electron chi connectivity index (χ0n) is 12.3. The molecule has 2 N–H and O–H groups in total. The number of hydrogen-bond acceptors (Lipinski definition) is 2. The molecule has 112 valence electrons. The number of nitrogens with zero attached hydrogens (tertiary/aromatic N) is 1. The number of nitrogens with two attached hydrogens (primary N) is 1. The Bertz CT molecular complexity index is 613. The standard InChI is InChI=1S/C17H20ClFN2/c1-12(2)21(10-13-4-3-5-16(20)8-13)11-14-6-7-15(19)9-17(14)18/h3-9,12H,10-11,20H2,1-2H3. The number of anilines is 1. The van der Waals surface area contributed by atoms with E-state index in [0.717, 1.165) is 23.4 Å². The predicted octanol–water partition coefficient (Wildman–Crippen LogP) is 4.47. The average Bonchev–Trinajstić information content (AvgIpc) is 2.40. The van der Waals surface area contributed by atoms with Crippen LogP contribution in [0, 0.1) is 5.82 Å². The van der Waals surface area contributed by atoms with Crippen molar-refractivity contribution >= 4 is 17.3 Å². The van der Waals surface area contributed by atoms with Crippen LogP contribution in [0.5, 0.6) is 0 Å². The SMILES string of the molecule is CC(C)N(Cc1cccc(N)c1)Cc1ccc(F)cc1Cl. The van der Waals surface area contributed by atoms with Gasteiger partial charge in [0.2, 0.25) is 0 Å². The van der Waals surface area contributed by atoms with E-state index in [1.165, 1.54) is 12.1 Å². The number of benzene rings is 2. The van der Waals surface area contributed by atoms with E-state index in [-0.39, 0.29) is 5.82 Å². The Morgan fingerprint density at radius 3 is 2.52 bits per heavy atom. The Morgan fingerprint density at radius 2 is 1.90 bits per heavy atom. The Hall–Kier alpha value is -1.58. The third-order valence-corrected chi connectivity index (χ3v) is 3.81. The quantitative estimate of drug-likeness (QED) is 0.826. The first-order valence-electron chi connectivity index (χ1n) is 6.98. The van der Waals surface area contributed by atoms with E-state index in [0.29, 0.717) is 17.6 Å². The van der Waals surface area contributed by atoms with E-state index in [1.54, 1.807) is 6.07 Å². The van der Waals surface area contributed by atoms with Gasteiger partial charge in [-0.05, 0) is 49.2 Å². The number of nitrogen functional groups attached to an aromatic ring is 1. The monoisotopic (exact) mass is 306 g/mol. The number of hydrogen-bond donors (Lipinski definition) is 1. The summed E-state index contributed by atoms with van der Waals surface area (Å²) in [6, 6.07) is 12.7. The molecule has 4 heteroatoms. The highest BCUT2D eigenvalue weighted by Gasteiger charge is 2.13. The summed E-state index contributed by atoms with van der Waals surface area (Å²) in [5.74, 6) is -0.310. The first-order chi connectivity index (χ1) is 9.95. The van der Waals surface area contributed by atoms with Crippen LogP contribution in [0.2, 0.25) is 5.02 Å². The largest absolute Gasteiger partial charge is 0.399 e. The van der Waals surface area contributed by atoms with Crippen molar-refractivity contribution < 1.29 is 4.39 Å². The van der Waals surface area contributed by atoms with Crippen molar-refractivity contribution in [3.05, 3.63) is 64.4 Å². The Balaban J connectivity index is 2.16. The van der Waals surface area contributed by atoms with Gasteiger partial charge in [-0.3, -0.25) is 4.90 Å². The molecule has 2 nitrogen and oxygen atoms in total.